The molecule has 19 heavy (non-hydrogen) atoms. The van der Waals surface area contributed by atoms with Crippen molar-refractivity contribution in [2.75, 3.05) is 0 Å². The molecule has 1 heterocycles. The van der Waals surface area contributed by atoms with Gasteiger partial charge in [-0.3, -0.25) is 10.1 Å². The normalized spacial score (nSPS) is 23.4. The zero-order valence-electron chi connectivity index (χ0n) is 11.6. The van der Waals surface area contributed by atoms with Gasteiger partial charge in [0.15, 0.2) is 0 Å². The molecule has 104 valence electrons. The molecule has 0 spiro atoms. The van der Waals surface area contributed by atoms with Gasteiger partial charge in [0, 0.05) is 10.5 Å². The van der Waals surface area contributed by atoms with Crippen LogP contribution in [0, 0.1) is 0 Å². The largest absolute Gasteiger partial charge is 0.459 e. The van der Waals surface area contributed by atoms with E-state index in [9.17, 15) is 4.79 Å². The zero-order chi connectivity index (χ0) is 14.0. The molecule has 0 bridgehead atoms. The molecule has 0 saturated carbocycles. The van der Waals surface area contributed by atoms with Crippen LogP contribution in [0.5, 0.6) is 0 Å². The lowest BCUT2D eigenvalue weighted by molar-refractivity contribution is -0.157. The van der Waals surface area contributed by atoms with Crippen molar-refractivity contribution in [1.82, 2.24) is 5.32 Å². The Balaban J connectivity index is 1.96. The minimum absolute atomic E-state index is 0.146. The maximum absolute atomic E-state index is 12.0. The van der Waals surface area contributed by atoms with Crippen molar-refractivity contribution in [1.29, 1.82) is 0 Å². The number of ether oxygens (including phenoxy) is 1. The fourth-order valence-corrected chi connectivity index (χ4v) is 2.52. The summed E-state index contributed by atoms with van der Waals surface area (Å²) in [6.07, 6.45) is 1.79. The van der Waals surface area contributed by atoms with E-state index in [4.69, 9.17) is 4.74 Å². The van der Waals surface area contributed by atoms with E-state index in [0.29, 0.717) is 0 Å². The summed E-state index contributed by atoms with van der Waals surface area (Å²) in [6.45, 7) is 5.68. The summed E-state index contributed by atoms with van der Waals surface area (Å²) in [5.41, 5.74) is 0.795. The molecular weight excluding hydrogens is 306 g/mol. The highest BCUT2D eigenvalue weighted by atomic mass is 79.9. The Morgan fingerprint density at radius 3 is 2.47 bits per heavy atom. The third kappa shape index (κ3) is 4.05. The molecule has 0 aliphatic carbocycles. The van der Waals surface area contributed by atoms with Crippen molar-refractivity contribution < 1.29 is 9.53 Å². The quantitative estimate of drug-likeness (QED) is 0.844. The predicted octanol–water partition coefficient (Wildman–Crippen LogP) is 3.58. The maximum atomic E-state index is 12.0. The Kier molecular flexibility index (Phi) is 4.31. The number of carbonyl (C=O) groups is 1. The Morgan fingerprint density at radius 2 is 1.89 bits per heavy atom. The second-order valence-electron chi connectivity index (χ2n) is 5.93. The SMILES string of the molecule is CC(C)(C)OC(=O)C1CCC(c2ccc(Br)cc2)N1. The van der Waals surface area contributed by atoms with E-state index in [-0.39, 0.29) is 18.1 Å². The lowest BCUT2D eigenvalue weighted by Crippen LogP contribution is -2.38. The van der Waals surface area contributed by atoms with Crippen molar-refractivity contribution in [3.8, 4) is 0 Å². The second-order valence-corrected chi connectivity index (χ2v) is 6.85. The summed E-state index contributed by atoms with van der Waals surface area (Å²) in [7, 11) is 0. The molecule has 4 heteroatoms. The Labute approximate surface area is 122 Å². The van der Waals surface area contributed by atoms with Crippen LogP contribution >= 0.6 is 15.9 Å². The van der Waals surface area contributed by atoms with Crippen molar-refractivity contribution in [3.05, 3.63) is 34.3 Å². The van der Waals surface area contributed by atoms with Crippen molar-refractivity contribution in [2.24, 2.45) is 0 Å². The van der Waals surface area contributed by atoms with Gasteiger partial charge in [0.05, 0.1) is 0 Å². The third-order valence-corrected chi connectivity index (χ3v) is 3.64. The molecule has 3 nitrogen and oxygen atoms in total. The molecule has 1 fully saturated rings. The summed E-state index contributed by atoms with van der Waals surface area (Å²) in [6, 6.07) is 8.27. The molecule has 2 atom stereocenters. The number of hydrogen-bond donors (Lipinski definition) is 1. The smallest absolute Gasteiger partial charge is 0.323 e. The number of esters is 1. The lowest BCUT2D eigenvalue weighted by atomic mass is 10.1. The van der Waals surface area contributed by atoms with Gasteiger partial charge in [-0.2, -0.15) is 0 Å². The van der Waals surface area contributed by atoms with E-state index in [1.165, 1.54) is 5.56 Å². The minimum Gasteiger partial charge on any atom is -0.459 e. The first-order valence-electron chi connectivity index (χ1n) is 6.59. The van der Waals surface area contributed by atoms with Crippen LogP contribution in [0.1, 0.15) is 45.2 Å². The van der Waals surface area contributed by atoms with E-state index >= 15 is 0 Å². The fraction of sp³-hybridized carbons (Fsp3) is 0.533. The molecular formula is C15H20BrNO2. The summed E-state index contributed by atoms with van der Waals surface area (Å²) >= 11 is 3.43. The number of nitrogens with one attached hydrogen (secondary N) is 1. The first-order chi connectivity index (χ1) is 8.85. The van der Waals surface area contributed by atoms with Gasteiger partial charge in [-0.25, -0.2) is 0 Å². The molecule has 1 aromatic rings. The van der Waals surface area contributed by atoms with Crippen LogP contribution in [0.25, 0.3) is 0 Å². The molecule has 1 aliphatic rings. The van der Waals surface area contributed by atoms with Crippen LogP contribution in [0.15, 0.2) is 28.7 Å². The first kappa shape index (κ1) is 14.5. The summed E-state index contributed by atoms with van der Waals surface area (Å²) in [5.74, 6) is -0.146. The first-order valence-corrected chi connectivity index (χ1v) is 7.39. The highest BCUT2D eigenvalue weighted by molar-refractivity contribution is 9.10. The zero-order valence-corrected chi connectivity index (χ0v) is 13.2. The van der Waals surface area contributed by atoms with Crippen LogP contribution in [-0.2, 0) is 9.53 Å². The molecule has 1 saturated heterocycles. The van der Waals surface area contributed by atoms with Crippen molar-refractivity contribution in [3.63, 3.8) is 0 Å². The lowest BCUT2D eigenvalue weighted by Gasteiger charge is -2.22. The van der Waals surface area contributed by atoms with Gasteiger partial charge in [0.2, 0.25) is 0 Å². The van der Waals surface area contributed by atoms with E-state index in [1.54, 1.807) is 0 Å². The van der Waals surface area contributed by atoms with E-state index in [0.717, 1.165) is 17.3 Å². The van der Waals surface area contributed by atoms with E-state index in [2.05, 4.69) is 33.4 Å². The highest BCUT2D eigenvalue weighted by Gasteiger charge is 2.32. The number of carbonyl (C=O) groups excluding carboxylic acids is 1. The third-order valence-electron chi connectivity index (χ3n) is 3.11. The molecule has 1 aromatic carbocycles. The minimum atomic E-state index is -0.422. The number of hydrogen-bond acceptors (Lipinski definition) is 3. The standard InChI is InChI=1S/C15H20BrNO2/c1-15(2,3)19-14(18)13-9-8-12(17-13)10-4-6-11(16)7-5-10/h4-7,12-13,17H,8-9H2,1-3H3. The van der Waals surface area contributed by atoms with E-state index < -0.39 is 5.60 Å². The number of rotatable bonds is 2. The Bertz CT molecular complexity index is 450. The van der Waals surface area contributed by atoms with E-state index in [1.807, 2.05) is 32.9 Å². The average molecular weight is 326 g/mol. The van der Waals surface area contributed by atoms with Gasteiger partial charge >= 0.3 is 5.97 Å². The van der Waals surface area contributed by atoms with Gasteiger partial charge in [-0.1, -0.05) is 28.1 Å². The summed E-state index contributed by atoms with van der Waals surface area (Å²) < 4.78 is 6.48. The molecule has 0 radical (unpaired) electrons. The van der Waals surface area contributed by atoms with Crippen LogP contribution in [0.3, 0.4) is 0 Å². The molecule has 0 amide bonds. The van der Waals surface area contributed by atoms with Crippen LogP contribution in [-0.4, -0.2) is 17.6 Å². The monoisotopic (exact) mass is 325 g/mol. The topological polar surface area (TPSA) is 38.3 Å². The summed E-state index contributed by atoms with van der Waals surface area (Å²) in [5, 5.41) is 3.36. The molecule has 2 unspecified atom stereocenters. The molecule has 1 aliphatic heterocycles. The molecule has 1 N–H and O–H groups in total. The van der Waals surface area contributed by atoms with Gasteiger partial charge in [-0.15, -0.1) is 0 Å². The second kappa shape index (κ2) is 5.63. The Morgan fingerprint density at radius 1 is 1.26 bits per heavy atom. The predicted molar refractivity (Wildman–Crippen MR) is 78.9 cm³/mol. The van der Waals surface area contributed by atoms with Crippen LogP contribution in [0.2, 0.25) is 0 Å². The van der Waals surface area contributed by atoms with Crippen LogP contribution < -0.4 is 5.32 Å². The highest BCUT2D eigenvalue weighted by Crippen LogP contribution is 2.28. The van der Waals surface area contributed by atoms with Gasteiger partial charge in [0.1, 0.15) is 11.6 Å². The molecule has 2 rings (SSSR count). The Hall–Kier alpha value is -0.870. The maximum Gasteiger partial charge on any atom is 0.323 e. The number of benzene rings is 1. The van der Waals surface area contributed by atoms with Crippen LogP contribution in [0.4, 0.5) is 0 Å². The van der Waals surface area contributed by atoms with Gasteiger partial charge < -0.3 is 4.74 Å². The summed E-state index contributed by atoms with van der Waals surface area (Å²) in [4.78, 5) is 12.0. The number of halogens is 1. The van der Waals surface area contributed by atoms with Gasteiger partial charge in [0.25, 0.3) is 0 Å². The van der Waals surface area contributed by atoms with Gasteiger partial charge in [-0.05, 0) is 51.3 Å². The molecule has 0 aromatic heterocycles. The van der Waals surface area contributed by atoms with Crippen molar-refractivity contribution in [2.45, 2.75) is 51.3 Å². The fourth-order valence-electron chi connectivity index (χ4n) is 2.26. The van der Waals surface area contributed by atoms with Crippen molar-refractivity contribution >= 4 is 21.9 Å². The average Bonchev–Trinajstić information content (AvgIpc) is 2.77.